The number of nitrogens with zero attached hydrogens (tertiary/aromatic N) is 4. The fourth-order valence-electron chi connectivity index (χ4n) is 2.40. The Morgan fingerprint density at radius 3 is 2.35 bits per heavy atom. The number of ether oxygens (including phenoxy) is 2. The third kappa shape index (κ3) is 4.97. The van der Waals surface area contributed by atoms with Gasteiger partial charge in [0, 0.05) is 17.7 Å². The van der Waals surface area contributed by atoms with Crippen molar-refractivity contribution in [3.8, 4) is 17.4 Å². The number of rotatable bonds is 8. The molecular weight excluding hydrogens is 412 g/mol. The summed E-state index contributed by atoms with van der Waals surface area (Å²) < 4.78 is 10.5. The summed E-state index contributed by atoms with van der Waals surface area (Å²) in [4.78, 5) is 40.8. The Hall–Kier alpha value is -4.81. The van der Waals surface area contributed by atoms with Gasteiger partial charge in [0.15, 0.2) is 0 Å². The number of nitrogens with one attached hydrogen (secondary N) is 2. The lowest BCUT2D eigenvalue weighted by atomic mass is 10.2. The number of aromatic nitrogens is 2. The molecule has 1 heterocycles. The molecule has 0 unspecified atom stereocenters. The highest BCUT2D eigenvalue weighted by Crippen LogP contribution is 2.34. The molecule has 0 saturated heterocycles. The summed E-state index contributed by atoms with van der Waals surface area (Å²) >= 11 is 0. The van der Waals surface area contributed by atoms with Gasteiger partial charge in [-0.25, -0.2) is 4.98 Å². The van der Waals surface area contributed by atoms with E-state index in [9.17, 15) is 25.0 Å². The summed E-state index contributed by atoms with van der Waals surface area (Å²) in [6, 6.07) is 11.2. The maximum atomic E-state index is 12.3. The van der Waals surface area contributed by atoms with E-state index in [2.05, 4.69) is 20.8 Å². The molecule has 1 aromatic heterocycles. The smallest absolute Gasteiger partial charge is 0.374 e. The van der Waals surface area contributed by atoms with Crippen molar-refractivity contribution in [1.29, 1.82) is 0 Å². The van der Waals surface area contributed by atoms with Crippen molar-refractivity contribution in [1.82, 2.24) is 15.4 Å². The quantitative estimate of drug-likeness (QED) is 0.403. The van der Waals surface area contributed by atoms with E-state index < -0.39 is 21.4 Å². The van der Waals surface area contributed by atoms with Crippen molar-refractivity contribution in [3.63, 3.8) is 0 Å². The van der Waals surface area contributed by atoms with Crippen molar-refractivity contribution >= 4 is 23.1 Å². The van der Waals surface area contributed by atoms with Crippen molar-refractivity contribution < 1.29 is 24.1 Å². The molecule has 0 spiro atoms. The molecule has 3 rings (SSSR count). The minimum atomic E-state index is -0.777. The summed E-state index contributed by atoms with van der Waals surface area (Å²) in [5.74, 6) is -0.654. The van der Waals surface area contributed by atoms with E-state index in [-0.39, 0.29) is 28.7 Å². The van der Waals surface area contributed by atoms with Crippen LogP contribution in [0.15, 0.2) is 54.9 Å². The van der Waals surface area contributed by atoms with Crippen LogP contribution in [0.5, 0.6) is 17.4 Å². The minimum absolute atomic E-state index is 0.0342. The molecule has 2 aromatic carbocycles. The summed E-state index contributed by atoms with van der Waals surface area (Å²) in [6.07, 6.45) is 1.01. The topological polar surface area (TPSA) is 172 Å². The summed E-state index contributed by atoms with van der Waals surface area (Å²) in [7, 11) is 1.49. The molecule has 13 heteroatoms. The SMILES string of the molecule is COc1ccc(Oc2ncnc(NNC(=O)c3cccc([N+](=O)[O-])c3)c2[N+](=O)[O-])cc1. The Morgan fingerprint density at radius 1 is 1.00 bits per heavy atom. The number of benzene rings is 2. The maximum Gasteiger partial charge on any atom is 0.374 e. The van der Waals surface area contributed by atoms with Crippen molar-refractivity contribution in [2.24, 2.45) is 0 Å². The van der Waals surface area contributed by atoms with Crippen molar-refractivity contribution in [2.45, 2.75) is 0 Å². The monoisotopic (exact) mass is 426 g/mol. The van der Waals surface area contributed by atoms with E-state index in [4.69, 9.17) is 9.47 Å². The van der Waals surface area contributed by atoms with Gasteiger partial charge >= 0.3 is 11.6 Å². The molecule has 0 bridgehead atoms. The number of hydrogen-bond acceptors (Lipinski definition) is 10. The Kier molecular flexibility index (Phi) is 6.16. The van der Waals surface area contributed by atoms with Gasteiger partial charge in [0.05, 0.1) is 17.0 Å². The van der Waals surface area contributed by atoms with E-state index in [1.54, 1.807) is 12.1 Å². The largest absolute Gasteiger partial charge is 0.497 e. The number of hydrogen-bond donors (Lipinski definition) is 2. The predicted octanol–water partition coefficient (Wildman–Crippen LogP) is 2.85. The number of hydrazine groups is 1. The van der Waals surface area contributed by atoms with Gasteiger partial charge in [0.2, 0.25) is 5.82 Å². The first-order valence-electron chi connectivity index (χ1n) is 8.51. The van der Waals surface area contributed by atoms with Gasteiger partial charge in [-0.05, 0) is 30.3 Å². The zero-order valence-corrected chi connectivity index (χ0v) is 15.8. The van der Waals surface area contributed by atoms with Gasteiger partial charge in [-0.3, -0.25) is 35.9 Å². The summed E-state index contributed by atoms with van der Waals surface area (Å²) in [6.45, 7) is 0. The van der Waals surface area contributed by atoms with Gasteiger partial charge in [-0.2, -0.15) is 4.98 Å². The standard InChI is InChI=1S/C18H14N6O7/c1-30-13-5-7-14(8-6-13)31-18-15(24(28)29)16(19-10-20-18)21-22-17(25)11-3-2-4-12(9-11)23(26)27/h2-10H,1H3,(H,22,25)(H,19,20,21). The van der Waals surface area contributed by atoms with Crippen LogP contribution in [0.25, 0.3) is 0 Å². The molecule has 13 nitrogen and oxygen atoms in total. The normalized spacial score (nSPS) is 10.1. The molecule has 0 aliphatic rings. The lowest BCUT2D eigenvalue weighted by molar-refractivity contribution is -0.385. The van der Waals surface area contributed by atoms with Crippen LogP contribution in [0.2, 0.25) is 0 Å². The van der Waals surface area contributed by atoms with Crippen LogP contribution in [0.1, 0.15) is 10.4 Å². The van der Waals surface area contributed by atoms with Crippen molar-refractivity contribution in [3.05, 3.63) is 80.7 Å². The fourth-order valence-corrected chi connectivity index (χ4v) is 2.40. The molecule has 3 aromatic rings. The van der Waals surface area contributed by atoms with E-state index in [0.717, 1.165) is 12.4 Å². The molecule has 0 radical (unpaired) electrons. The highest BCUT2D eigenvalue weighted by molar-refractivity contribution is 5.95. The lowest BCUT2D eigenvalue weighted by Gasteiger charge is -2.10. The first-order chi connectivity index (χ1) is 14.9. The van der Waals surface area contributed by atoms with Crippen LogP contribution in [0, 0.1) is 20.2 Å². The van der Waals surface area contributed by atoms with E-state index in [0.29, 0.717) is 5.75 Å². The Labute approximate surface area is 173 Å². The lowest BCUT2D eigenvalue weighted by Crippen LogP contribution is -2.30. The highest BCUT2D eigenvalue weighted by Gasteiger charge is 2.25. The van der Waals surface area contributed by atoms with Gasteiger partial charge in [-0.15, -0.1) is 0 Å². The third-order valence-corrected chi connectivity index (χ3v) is 3.86. The average Bonchev–Trinajstić information content (AvgIpc) is 2.77. The van der Waals surface area contributed by atoms with Crippen LogP contribution < -0.4 is 20.3 Å². The predicted molar refractivity (Wildman–Crippen MR) is 106 cm³/mol. The highest BCUT2D eigenvalue weighted by atomic mass is 16.6. The maximum absolute atomic E-state index is 12.3. The van der Waals surface area contributed by atoms with Gasteiger partial charge in [-0.1, -0.05) is 6.07 Å². The van der Waals surface area contributed by atoms with E-state index >= 15 is 0 Å². The molecule has 0 aliphatic heterocycles. The zero-order chi connectivity index (χ0) is 22.4. The second kappa shape index (κ2) is 9.13. The number of carbonyl (C=O) groups excluding carboxylic acids is 1. The minimum Gasteiger partial charge on any atom is -0.497 e. The van der Waals surface area contributed by atoms with Crippen molar-refractivity contribution in [2.75, 3.05) is 12.5 Å². The Balaban J connectivity index is 1.80. The number of methoxy groups -OCH3 is 1. The summed E-state index contributed by atoms with van der Waals surface area (Å²) in [5, 5.41) is 22.4. The number of non-ortho nitro benzene ring substituents is 1. The van der Waals surface area contributed by atoms with Crippen LogP contribution in [0.4, 0.5) is 17.2 Å². The molecule has 1 amide bonds. The first-order valence-corrected chi connectivity index (χ1v) is 8.51. The molecule has 0 saturated carbocycles. The molecule has 31 heavy (non-hydrogen) atoms. The van der Waals surface area contributed by atoms with E-state index in [1.807, 2.05) is 0 Å². The van der Waals surface area contributed by atoms with Gasteiger partial charge in [0.25, 0.3) is 11.6 Å². The van der Waals surface area contributed by atoms with Crippen LogP contribution in [0.3, 0.4) is 0 Å². The molecular formula is C18H14N6O7. The number of carbonyl (C=O) groups is 1. The number of nitro groups is 2. The zero-order valence-electron chi connectivity index (χ0n) is 15.8. The van der Waals surface area contributed by atoms with Crippen LogP contribution in [-0.2, 0) is 0 Å². The first kappa shape index (κ1) is 20.9. The second-order valence-electron chi connectivity index (χ2n) is 5.80. The summed E-state index contributed by atoms with van der Waals surface area (Å²) in [5.41, 5.74) is 3.59. The Bertz CT molecular complexity index is 1140. The van der Waals surface area contributed by atoms with Gasteiger partial charge < -0.3 is 9.47 Å². The fraction of sp³-hybridized carbons (Fsp3) is 0.0556. The molecule has 0 atom stereocenters. The number of anilines is 1. The molecule has 0 fully saturated rings. The number of nitro benzene ring substituents is 1. The van der Waals surface area contributed by atoms with Gasteiger partial charge in [0.1, 0.15) is 17.8 Å². The van der Waals surface area contributed by atoms with Crippen LogP contribution in [-0.4, -0.2) is 32.8 Å². The second-order valence-corrected chi connectivity index (χ2v) is 5.80. The average molecular weight is 426 g/mol. The molecule has 0 aliphatic carbocycles. The molecule has 158 valence electrons. The Morgan fingerprint density at radius 2 is 1.71 bits per heavy atom. The van der Waals surface area contributed by atoms with Crippen LogP contribution >= 0.6 is 0 Å². The molecule has 2 N–H and O–H groups in total. The number of amides is 1. The van der Waals surface area contributed by atoms with E-state index in [1.165, 1.54) is 37.4 Å². The third-order valence-electron chi connectivity index (χ3n) is 3.86.